The maximum Gasteiger partial charge on any atom is 0.433 e. The van der Waals surface area contributed by atoms with E-state index in [0.29, 0.717) is 18.7 Å². The summed E-state index contributed by atoms with van der Waals surface area (Å²) in [5, 5.41) is 2.80. The second-order valence-electron chi connectivity index (χ2n) is 5.48. The second-order valence-corrected chi connectivity index (χ2v) is 5.48. The van der Waals surface area contributed by atoms with Gasteiger partial charge in [0.25, 0.3) is 0 Å². The van der Waals surface area contributed by atoms with Crippen LogP contribution in [0.25, 0.3) is 11.3 Å². The van der Waals surface area contributed by atoms with Gasteiger partial charge < -0.3 is 10.1 Å². The smallest absolute Gasteiger partial charge is 0.376 e. The lowest BCUT2D eigenvalue weighted by molar-refractivity contribution is -0.141. The van der Waals surface area contributed by atoms with Gasteiger partial charge in [-0.25, -0.2) is 14.4 Å². The average Bonchev–Trinajstić information content (AvgIpc) is 3.06. The van der Waals surface area contributed by atoms with E-state index in [0.717, 1.165) is 18.9 Å². The van der Waals surface area contributed by atoms with Gasteiger partial charge in [-0.1, -0.05) is 0 Å². The fourth-order valence-electron chi connectivity index (χ4n) is 2.45. The van der Waals surface area contributed by atoms with Crippen LogP contribution in [-0.4, -0.2) is 29.2 Å². The standard InChI is InChI=1S/C16H15F4N3O/c17-11-5-3-10(4-6-11)13-8-14(16(18,19)20)23-15(22-13)21-9-12-2-1-7-24-12/h3-6,8,12H,1-2,7,9H2,(H,21,22,23)/t12-/m1/s1. The van der Waals surface area contributed by atoms with Gasteiger partial charge in [0, 0.05) is 18.7 Å². The van der Waals surface area contributed by atoms with Crippen molar-refractivity contribution in [1.29, 1.82) is 0 Å². The quantitative estimate of drug-likeness (QED) is 0.857. The monoisotopic (exact) mass is 341 g/mol. The number of rotatable bonds is 4. The molecular formula is C16H15F4N3O. The number of alkyl halides is 3. The summed E-state index contributed by atoms with van der Waals surface area (Å²) in [5.74, 6) is -0.597. The molecule has 1 saturated heterocycles. The number of anilines is 1. The Morgan fingerprint density at radius 1 is 1.17 bits per heavy atom. The summed E-state index contributed by atoms with van der Waals surface area (Å²) in [6, 6.07) is 5.95. The molecule has 0 aliphatic carbocycles. The normalized spacial score (nSPS) is 17.9. The van der Waals surface area contributed by atoms with Crippen LogP contribution in [0.3, 0.4) is 0 Å². The van der Waals surface area contributed by atoms with Gasteiger partial charge in [0.15, 0.2) is 5.69 Å². The van der Waals surface area contributed by atoms with Crippen LogP contribution in [0.1, 0.15) is 18.5 Å². The molecule has 24 heavy (non-hydrogen) atoms. The van der Waals surface area contributed by atoms with Gasteiger partial charge in [0.2, 0.25) is 5.95 Å². The van der Waals surface area contributed by atoms with E-state index in [2.05, 4.69) is 15.3 Å². The first-order valence-corrected chi connectivity index (χ1v) is 7.49. The highest BCUT2D eigenvalue weighted by atomic mass is 19.4. The molecule has 2 heterocycles. The Morgan fingerprint density at radius 3 is 2.54 bits per heavy atom. The molecule has 0 amide bonds. The zero-order chi connectivity index (χ0) is 17.2. The van der Waals surface area contributed by atoms with Gasteiger partial charge in [0.1, 0.15) is 5.82 Å². The Bertz CT molecular complexity index is 697. The fourth-order valence-corrected chi connectivity index (χ4v) is 2.45. The second kappa shape index (κ2) is 6.72. The Labute approximate surface area is 135 Å². The number of benzene rings is 1. The number of hydrogen-bond acceptors (Lipinski definition) is 4. The third-order valence-corrected chi connectivity index (χ3v) is 3.67. The molecule has 0 bridgehead atoms. The van der Waals surface area contributed by atoms with Gasteiger partial charge in [0.05, 0.1) is 11.8 Å². The first kappa shape index (κ1) is 16.6. The minimum absolute atomic E-state index is 0.0579. The maximum absolute atomic E-state index is 13.1. The van der Waals surface area contributed by atoms with E-state index < -0.39 is 17.7 Å². The zero-order valence-electron chi connectivity index (χ0n) is 12.6. The molecule has 0 saturated carbocycles. The van der Waals surface area contributed by atoms with Crippen molar-refractivity contribution in [3.8, 4) is 11.3 Å². The van der Waals surface area contributed by atoms with Gasteiger partial charge >= 0.3 is 6.18 Å². The highest BCUT2D eigenvalue weighted by Crippen LogP contribution is 2.31. The minimum atomic E-state index is -4.60. The molecule has 4 nitrogen and oxygen atoms in total. The van der Waals surface area contributed by atoms with Gasteiger partial charge in [-0.15, -0.1) is 0 Å². The van der Waals surface area contributed by atoms with Crippen LogP contribution in [-0.2, 0) is 10.9 Å². The summed E-state index contributed by atoms with van der Waals surface area (Å²) < 4.78 is 57.6. The van der Waals surface area contributed by atoms with Gasteiger partial charge in [-0.3, -0.25) is 0 Å². The summed E-state index contributed by atoms with van der Waals surface area (Å²) in [7, 11) is 0. The summed E-state index contributed by atoms with van der Waals surface area (Å²) in [4.78, 5) is 7.64. The molecular weight excluding hydrogens is 326 g/mol. The number of ether oxygens (including phenoxy) is 1. The van der Waals surface area contributed by atoms with E-state index in [-0.39, 0.29) is 17.7 Å². The van der Waals surface area contributed by atoms with E-state index in [9.17, 15) is 17.6 Å². The van der Waals surface area contributed by atoms with Crippen LogP contribution in [0.5, 0.6) is 0 Å². The maximum atomic E-state index is 13.1. The van der Waals surface area contributed by atoms with Crippen LogP contribution in [0.15, 0.2) is 30.3 Å². The summed E-state index contributed by atoms with van der Waals surface area (Å²) >= 11 is 0. The minimum Gasteiger partial charge on any atom is -0.376 e. The number of nitrogens with zero attached hydrogens (tertiary/aromatic N) is 2. The van der Waals surface area contributed by atoms with E-state index in [1.165, 1.54) is 24.3 Å². The number of aromatic nitrogens is 2. The molecule has 0 unspecified atom stereocenters. The van der Waals surface area contributed by atoms with Gasteiger partial charge in [-0.2, -0.15) is 13.2 Å². The number of hydrogen-bond donors (Lipinski definition) is 1. The molecule has 1 aromatic heterocycles. The molecule has 1 aliphatic rings. The van der Waals surface area contributed by atoms with E-state index >= 15 is 0 Å². The molecule has 1 aliphatic heterocycles. The van der Waals surface area contributed by atoms with Crippen molar-refractivity contribution in [2.45, 2.75) is 25.1 Å². The lowest BCUT2D eigenvalue weighted by Gasteiger charge is -2.14. The molecule has 1 atom stereocenters. The molecule has 1 N–H and O–H groups in total. The lowest BCUT2D eigenvalue weighted by atomic mass is 10.1. The Morgan fingerprint density at radius 2 is 1.92 bits per heavy atom. The third-order valence-electron chi connectivity index (χ3n) is 3.67. The molecule has 1 aromatic carbocycles. The highest BCUT2D eigenvalue weighted by Gasteiger charge is 2.34. The average molecular weight is 341 g/mol. The van der Waals surface area contributed by atoms with E-state index in [1.54, 1.807) is 0 Å². The molecule has 0 radical (unpaired) electrons. The largest absolute Gasteiger partial charge is 0.433 e. The van der Waals surface area contributed by atoms with E-state index in [4.69, 9.17) is 4.74 Å². The van der Waals surface area contributed by atoms with Crippen LogP contribution in [0.2, 0.25) is 0 Å². The predicted octanol–water partition coefficient (Wildman–Crippen LogP) is 3.89. The lowest BCUT2D eigenvalue weighted by Crippen LogP contribution is -2.21. The van der Waals surface area contributed by atoms with Crippen LogP contribution < -0.4 is 5.32 Å². The van der Waals surface area contributed by atoms with Crippen molar-refractivity contribution < 1.29 is 22.3 Å². The highest BCUT2D eigenvalue weighted by molar-refractivity contribution is 5.61. The molecule has 8 heteroatoms. The summed E-state index contributed by atoms with van der Waals surface area (Å²) in [6.45, 7) is 0.987. The summed E-state index contributed by atoms with van der Waals surface area (Å²) in [6.07, 6.45) is -2.89. The molecule has 2 aromatic rings. The van der Waals surface area contributed by atoms with Gasteiger partial charge in [-0.05, 0) is 43.2 Å². The van der Waals surface area contributed by atoms with Crippen molar-refractivity contribution >= 4 is 5.95 Å². The molecule has 0 spiro atoms. The van der Waals surface area contributed by atoms with Crippen LogP contribution in [0.4, 0.5) is 23.5 Å². The Balaban J connectivity index is 1.89. The Kier molecular flexibility index (Phi) is 4.66. The predicted molar refractivity (Wildman–Crippen MR) is 79.9 cm³/mol. The number of halogens is 4. The van der Waals surface area contributed by atoms with Crippen molar-refractivity contribution in [2.75, 3.05) is 18.5 Å². The zero-order valence-corrected chi connectivity index (χ0v) is 12.6. The first-order chi connectivity index (χ1) is 11.4. The number of nitrogens with one attached hydrogen (secondary N) is 1. The topological polar surface area (TPSA) is 47.0 Å². The molecule has 3 rings (SSSR count). The SMILES string of the molecule is Fc1ccc(-c2cc(C(F)(F)F)nc(NC[C@H]3CCCO3)n2)cc1. The Hall–Kier alpha value is -2.22. The van der Waals surface area contributed by atoms with Crippen LogP contribution >= 0.6 is 0 Å². The first-order valence-electron chi connectivity index (χ1n) is 7.49. The molecule has 1 fully saturated rings. The summed E-state index contributed by atoms with van der Waals surface area (Å²) in [5.41, 5.74) is -0.594. The van der Waals surface area contributed by atoms with Crippen molar-refractivity contribution in [1.82, 2.24) is 9.97 Å². The molecule has 128 valence electrons. The van der Waals surface area contributed by atoms with Crippen molar-refractivity contribution in [2.24, 2.45) is 0 Å². The third kappa shape index (κ3) is 4.00. The van der Waals surface area contributed by atoms with Crippen molar-refractivity contribution in [3.05, 3.63) is 41.8 Å². The van der Waals surface area contributed by atoms with E-state index in [1.807, 2.05) is 0 Å². The fraction of sp³-hybridized carbons (Fsp3) is 0.375. The van der Waals surface area contributed by atoms with Crippen molar-refractivity contribution in [3.63, 3.8) is 0 Å². The van der Waals surface area contributed by atoms with Crippen LogP contribution in [0, 0.1) is 5.82 Å².